The minimum absolute atomic E-state index is 0.107. The molecule has 2 radical (unpaired) electrons. The van der Waals surface area contributed by atoms with Gasteiger partial charge in [0.25, 0.3) is 0 Å². The van der Waals surface area contributed by atoms with Crippen molar-refractivity contribution in [3.8, 4) is 0 Å². The molecule has 0 aromatic heterocycles. The average Bonchev–Trinajstić information content (AvgIpc) is 3.74. The lowest BCUT2D eigenvalue weighted by molar-refractivity contribution is -0.902. The second-order valence-electron chi connectivity index (χ2n) is 23.9. The summed E-state index contributed by atoms with van der Waals surface area (Å²) in [6, 6.07) is 41.4. The summed E-state index contributed by atoms with van der Waals surface area (Å²) in [6.07, 6.45) is 7.39. The van der Waals surface area contributed by atoms with E-state index in [1.165, 1.54) is 82.3 Å². The Morgan fingerprint density at radius 2 is 0.667 bits per heavy atom. The molecule has 6 rings (SSSR count). The van der Waals surface area contributed by atoms with E-state index >= 15 is 0 Å². The van der Waals surface area contributed by atoms with Crippen LogP contribution in [0.2, 0.25) is 12.1 Å². The summed E-state index contributed by atoms with van der Waals surface area (Å²) in [7, 11) is 30.9. The van der Waals surface area contributed by atoms with Crippen molar-refractivity contribution in [1.29, 1.82) is 0 Å². The molecule has 2 atom stereocenters. The monoisotopic (exact) mass is 911 g/mol. The minimum Gasteiger partial charge on any atom is -0.427 e. The molecule has 2 aliphatic rings. The van der Waals surface area contributed by atoms with E-state index in [2.05, 4.69) is 210 Å². The van der Waals surface area contributed by atoms with Crippen LogP contribution in [-0.2, 0) is 8.23 Å². The molecule has 0 N–H and O–H groups in total. The van der Waals surface area contributed by atoms with E-state index in [0.717, 1.165) is 51.8 Å². The molecule has 2 unspecified atom stereocenters. The van der Waals surface area contributed by atoms with Gasteiger partial charge in [-0.1, -0.05) is 48.5 Å². The van der Waals surface area contributed by atoms with E-state index in [1.807, 2.05) is 0 Å². The van der Waals surface area contributed by atoms with E-state index in [9.17, 15) is 0 Å². The van der Waals surface area contributed by atoms with Gasteiger partial charge in [-0.15, -0.1) is 0 Å². The normalized spacial score (nSPS) is 19.7. The molecule has 8 nitrogen and oxygen atoms in total. The van der Waals surface area contributed by atoms with Crippen LogP contribution < -0.4 is 38.7 Å². The first kappa shape index (κ1) is 49.6. The van der Waals surface area contributed by atoms with Crippen molar-refractivity contribution < 1.29 is 17.2 Å². The largest absolute Gasteiger partial charge is 0.427 e. The highest BCUT2D eigenvalue weighted by molar-refractivity contribution is 7.02. The molecule has 2 aliphatic heterocycles. The van der Waals surface area contributed by atoms with Gasteiger partial charge >= 0.3 is 10.0 Å². The summed E-state index contributed by atoms with van der Waals surface area (Å²) in [5, 5.41) is 5.37. The minimum atomic E-state index is -2.91. The van der Waals surface area contributed by atoms with Gasteiger partial charge < -0.3 is 17.2 Å². The maximum atomic E-state index is 7.90. The smallest absolute Gasteiger partial charge is 0.410 e. The third-order valence-corrected chi connectivity index (χ3v) is 25.5. The number of likely N-dealkylation sites (tertiary alicyclic amines) is 2. The lowest BCUT2D eigenvalue weighted by Gasteiger charge is -2.39. The van der Waals surface area contributed by atoms with Crippen LogP contribution in [0.15, 0.2) is 97.1 Å². The van der Waals surface area contributed by atoms with Crippen molar-refractivity contribution in [1.82, 2.24) is 17.9 Å². The van der Waals surface area contributed by atoms with E-state index in [-0.39, 0.29) is 10.0 Å². The van der Waals surface area contributed by atoms with Gasteiger partial charge in [0.2, 0.25) is 16.6 Å². The van der Waals surface area contributed by atoms with Crippen LogP contribution >= 0.6 is 0 Å². The molecule has 63 heavy (non-hydrogen) atoms. The quantitative estimate of drug-likeness (QED) is 0.0887. The average molecular weight is 912 g/mol. The van der Waals surface area contributed by atoms with Crippen LogP contribution in [0.1, 0.15) is 38.5 Å². The molecule has 0 spiro atoms. The fourth-order valence-electron chi connectivity index (χ4n) is 10.4. The fraction of sp³-hybridized carbons (Fsp3) is 0.538. The second kappa shape index (κ2) is 18.5. The zero-order valence-electron chi connectivity index (χ0n) is 42.5. The van der Waals surface area contributed by atoms with Crippen molar-refractivity contribution in [2.45, 2.75) is 62.7 Å². The molecular formula is C52H86N6O2Si3+6. The fourth-order valence-corrected chi connectivity index (χ4v) is 20.9. The van der Waals surface area contributed by atoms with Gasteiger partial charge in [0, 0.05) is 25.7 Å². The van der Waals surface area contributed by atoms with Crippen LogP contribution in [0.4, 0.5) is 22.7 Å². The number of benzene rings is 4. The highest BCUT2D eigenvalue weighted by Gasteiger charge is 2.47. The maximum Gasteiger partial charge on any atom is 0.410 e. The maximum absolute atomic E-state index is 7.90. The van der Waals surface area contributed by atoms with Crippen molar-refractivity contribution in [3.63, 3.8) is 0 Å². The Kier molecular flexibility index (Phi) is 14.6. The third kappa shape index (κ3) is 11.3. The van der Waals surface area contributed by atoms with Crippen molar-refractivity contribution in [3.05, 3.63) is 97.1 Å². The molecule has 2 heterocycles. The molecule has 4 aromatic carbocycles. The predicted octanol–water partition coefficient (Wildman–Crippen LogP) is 6.12. The number of hydrogen-bond acceptors (Lipinski definition) is 2. The predicted molar refractivity (Wildman–Crippen MR) is 281 cm³/mol. The molecule has 0 bridgehead atoms. The Bertz CT molecular complexity index is 1840. The van der Waals surface area contributed by atoms with Crippen LogP contribution in [0, 0.1) is 0 Å². The zero-order valence-corrected chi connectivity index (χ0v) is 45.5. The summed E-state index contributed by atoms with van der Waals surface area (Å²) in [5.41, 5.74) is 5.18. The first-order valence-electron chi connectivity index (χ1n) is 23.6. The first-order chi connectivity index (χ1) is 29.2. The number of rotatable bonds is 18. The molecule has 0 saturated carbocycles. The van der Waals surface area contributed by atoms with Crippen LogP contribution in [-0.4, -0.2) is 174 Å². The topological polar surface area (TPSA) is 18.5 Å². The van der Waals surface area contributed by atoms with Crippen LogP contribution in [0.5, 0.6) is 0 Å². The van der Waals surface area contributed by atoms with Gasteiger partial charge in [-0.3, -0.25) is 17.9 Å². The summed E-state index contributed by atoms with van der Waals surface area (Å²) < 4.78 is 21.1. The molecule has 11 heteroatoms. The van der Waals surface area contributed by atoms with Gasteiger partial charge in [0.1, 0.15) is 22.7 Å². The van der Waals surface area contributed by atoms with E-state index < -0.39 is 16.6 Å². The Morgan fingerprint density at radius 1 is 0.429 bits per heavy atom. The summed E-state index contributed by atoms with van der Waals surface area (Å²) in [6.45, 7) is 2.48. The van der Waals surface area contributed by atoms with Gasteiger partial charge in [-0.25, -0.2) is 0 Å². The van der Waals surface area contributed by atoms with Crippen LogP contribution in [0.25, 0.3) is 0 Å². The summed E-state index contributed by atoms with van der Waals surface area (Å²) >= 11 is 0. The second-order valence-corrected chi connectivity index (χ2v) is 32.3. The van der Waals surface area contributed by atoms with Gasteiger partial charge in [0.15, 0.2) is 0 Å². The molecular weight excluding hydrogens is 825 g/mol. The lowest BCUT2D eigenvalue weighted by Crippen LogP contribution is -2.65. The number of hydrogen-bond donors (Lipinski definition) is 0. The Labute approximate surface area is 389 Å². The Balaban J connectivity index is 1.51. The number of quaternary nitrogens is 6. The van der Waals surface area contributed by atoms with Gasteiger partial charge in [0.05, 0.1) is 138 Å². The molecule has 2 fully saturated rings. The van der Waals surface area contributed by atoms with E-state index in [4.69, 9.17) is 8.23 Å². The van der Waals surface area contributed by atoms with Crippen molar-refractivity contribution >= 4 is 70.1 Å². The highest BCUT2D eigenvalue weighted by Crippen LogP contribution is 2.32. The van der Waals surface area contributed by atoms with E-state index in [1.54, 1.807) is 0 Å². The molecule has 4 aromatic rings. The SMILES string of the molecule is C[N+](C)(C)c1ccc([Si](CCC2CCC[N+]2(C)C)(O[Si]O[Si](CCC2CCC[N+]2(C)C)(c2ccc([N+](C)(C)C)cc2)c2ccc([N+](C)(C)C)cc2)c2ccc([N+](C)(C)C)cc2)cc1. The van der Waals surface area contributed by atoms with Crippen molar-refractivity contribution in [2.75, 3.05) is 126 Å². The van der Waals surface area contributed by atoms with Gasteiger partial charge in [-0.05, 0) is 94.2 Å². The molecule has 2 saturated heterocycles. The van der Waals surface area contributed by atoms with Crippen molar-refractivity contribution in [2.24, 2.45) is 0 Å². The lowest BCUT2D eigenvalue weighted by atomic mass is 10.1. The Hall–Kier alpha value is -2.79. The van der Waals surface area contributed by atoms with Crippen LogP contribution in [0.3, 0.4) is 0 Å². The standard InChI is InChI=1S/C52H86N6O2Si3/c1-53(2,3)43-21-29-49(30-22-43)62(41-37-47-19-17-39-57(47,13)14,50-31-23-44(24-32-50)54(4,5)6)59-61-60-63(42-38-48-20-18-40-58(48,15)16,51-33-25-45(26-34-51)55(7,8)9)52-35-27-46(28-36-52)56(10,11)12/h21-36,47-48H,17-20,37-42H2,1-16H3/q+6. The number of nitrogens with zero attached hydrogens (tertiary/aromatic N) is 6. The van der Waals surface area contributed by atoms with E-state index in [0.29, 0.717) is 12.1 Å². The third-order valence-electron chi connectivity index (χ3n) is 15.0. The van der Waals surface area contributed by atoms with Gasteiger partial charge in [-0.2, -0.15) is 0 Å². The first-order valence-corrected chi connectivity index (χ1v) is 28.7. The zero-order chi connectivity index (χ0) is 46.3. The summed E-state index contributed by atoms with van der Waals surface area (Å²) in [4.78, 5) is 0. The summed E-state index contributed by atoms with van der Waals surface area (Å²) in [5.74, 6) is 0. The molecule has 0 aliphatic carbocycles. The Morgan fingerprint density at radius 3 is 0.857 bits per heavy atom. The molecule has 0 amide bonds. The molecule has 342 valence electrons. The highest BCUT2D eigenvalue weighted by atomic mass is 28.4.